The zero-order valence-corrected chi connectivity index (χ0v) is 9.94. The Balaban J connectivity index is 0.00000256. The molecule has 17 heavy (non-hydrogen) atoms. The number of carbonyl (C=O) groups is 1. The molecule has 0 spiro atoms. The van der Waals surface area contributed by atoms with E-state index in [1.54, 1.807) is 6.92 Å². The molecule has 0 aromatic carbocycles. The number of hydrogen-bond donors (Lipinski definition) is 1. The lowest BCUT2D eigenvalue weighted by Gasteiger charge is -2.06. The molecule has 0 aliphatic heterocycles. The predicted octanol–water partition coefficient (Wildman–Crippen LogP) is 1.56. The van der Waals surface area contributed by atoms with Gasteiger partial charge in [0.1, 0.15) is 10.7 Å². The van der Waals surface area contributed by atoms with Crippen LogP contribution in [0.1, 0.15) is 25.1 Å². The summed E-state index contributed by atoms with van der Waals surface area (Å²) in [5.41, 5.74) is 5.62. The molecule has 1 rings (SSSR count). The Morgan fingerprint density at radius 1 is 1.65 bits per heavy atom. The van der Waals surface area contributed by atoms with Crippen molar-refractivity contribution >= 4 is 24.3 Å². The smallest absolute Gasteiger partial charge is 0.433 e. The van der Waals surface area contributed by atoms with Crippen LogP contribution in [0, 0.1) is 10.1 Å². The summed E-state index contributed by atoms with van der Waals surface area (Å²) in [6.07, 6.45) is -0.0709. The molecule has 0 aliphatic rings. The van der Waals surface area contributed by atoms with E-state index in [4.69, 9.17) is 14.9 Å². The van der Waals surface area contributed by atoms with Crippen molar-refractivity contribution < 1.29 is 18.9 Å². The number of nitro groups is 1. The summed E-state index contributed by atoms with van der Waals surface area (Å²) in [5, 5.41) is 10.3. The van der Waals surface area contributed by atoms with Gasteiger partial charge < -0.3 is 14.9 Å². The fourth-order valence-corrected chi connectivity index (χ4v) is 1.14. The molecular formula is C9H13ClN2O5. The van der Waals surface area contributed by atoms with Crippen LogP contribution in [0.4, 0.5) is 5.88 Å². The van der Waals surface area contributed by atoms with E-state index < -0.39 is 22.8 Å². The van der Waals surface area contributed by atoms with E-state index in [1.807, 2.05) is 0 Å². The number of halogens is 1. The third kappa shape index (κ3) is 4.41. The van der Waals surface area contributed by atoms with Gasteiger partial charge in [0.15, 0.2) is 0 Å². The quantitative estimate of drug-likeness (QED) is 0.491. The van der Waals surface area contributed by atoms with Crippen LogP contribution in [0.5, 0.6) is 0 Å². The fourth-order valence-electron chi connectivity index (χ4n) is 1.14. The number of rotatable bonds is 5. The second-order valence-corrected chi connectivity index (χ2v) is 3.05. The molecule has 0 radical (unpaired) electrons. The molecule has 1 aromatic rings. The first kappa shape index (κ1) is 15.4. The molecule has 0 bridgehead atoms. The van der Waals surface area contributed by atoms with E-state index in [9.17, 15) is 14.9 Å². The van der Waals surface area contributed by atoms with Crippen molar-refractivity contribution in [1.29, 1.82) is 0 Å². The van der Waals surface area contributed by atoms with Crippen LogP contribution in [-0.4, -0.2) is 17.5 Å². The lowest BCUT2D eigenvalue weighted by Crippen LogP contribution is -2.16. The zero-order chi connectivity index (χ0) is 12.1. The maximum absolute atomic E-state index is 11.1. The second kappa shape index (κ2) is 6.87. The summed E-state index contributed by atoms with van der Waals surface area (Å²) in [4.78, 5) is 20.8. The van der Waals surface area contributed by atoms with Gasteiger partial charge in [0.2, 0.25) is 0 Å². The third-order valence-corrected chi connectivity index (χ3v) is 1.85. The monoisotopic (exact) mass is 264 g/mol. The molecule has 96 valence electrons. The number of esters is 1. The van der Waals surface area contributed by atoms with E-state index in [-0.39, 0.29) is 31.2 Å². The van der Waals surface area contributed by atoms with Gasteiger partial charge in [-0.05, 0) is 13.0 Å². The fraction of sp³-hybridized carbons (Fsp3) is 0.444. The normalized spacial score (nSPS) is 11.4. The average Bonchev–Trinajstić information content (AvgIpc) is 2.66. The Bertz CT molecular complexity index is 392. The molecule has 8 heteroatoms. The maximum atomic E-state index is 11.1. The van der Waals surface area contributed by atoms with E-state index in [1.165, 1.54) is 12.1 Å². The molecular weight excluding hydrogens is 252 g/mol. The molecule has 7 nitrogen and oxygen atoms in total. The standard InChI is InChI=1S/C9H12N2O5.ClH/c1-2-15-9(12)5-6(10)7-3-4-8(16-7)11(13)14;/h3-4,6H,2,5,10H2,1H3;1H/t6-;/m0./s1. The zero-order valence-electron chi connectivity index (χ0n) is 9.12. The third-order valence-electron chi connectivity index (χ3n) is 1.85. The van der Waals surface area contributed by atoms with Crippen LogP contribution in [0.15, 0.2) is 16.5 Å². The van der Waals surface area contributed by atoms with E-state index in [2.05, 4.69) is 0 Å². The molecule has 0 fully saturated rings. The number of nitrogens with two attached hydrogens (primary N) is 1. The van der Waals surface area contributed by atoms with Crippen LogP contribution in [0.3, 0.4) is 0 Å². The Morgan fingerprint density at radius 2 is 2.29 bits per heavy atom. The summed E-state index contributed by atoms with van der Waals surface area (Å²) in [6.45, 7) is 1.95. The molecule has 1 heterocycles. The van der Waals surface area contributed by atoms with Crippen molar-refractivity contribution in [3.63, 3.8) is 0 Å². The van der Waals surface area contributed by atoms with Crippen LogP contribution < -0.4 is 5.73 Å². The van der Waals surface area contributed by atoms with Gasteiger partial charge in [-0.25, -0.2) is 0 Å². The minimum Gasteiger partial charge on any atom is -0.466 e. The first-order valence-corrected chi connectivity index (χ1v) is 4.70. The topological polar surface area (TPSA) is 109 Å². The van der Waals surface area contributed by atoms with Gasteiger partial charge in [-0.15, -0.1) is 12.4 Å². The van der Waals surface area contributed by atoms with Crippen molar-refractivity contribution in [3.05, 3.63) is 28.0 Å². The van der Waals surface area contributed by atoms with Gasteiger partial charge in [0, 0.05) is 0 Å². The minimum absolute atomic E-state index is 0. The highest BCUT2D eigenvalue weighted by atomic mass is 35.5. The minimum atomic E-state index is -0.729. The van der Waals surface area contributed by atoms with E-state index >= 15 is 0 Å². The summed E-state index contributed by atoms with van der Waals surface area (Å²) in [6, 6.07) is 1.84. The number of furan rings is 1. The molecule has 0 saturated carbocycles. The molecule has 0 unspecified atom stereocenters. The van der Waals surface area contributed by atoms with Gasteiger partial charge in [-0.2, -0.15) is 0 Å². The molecule has 0 saturated heterocycles. The molecule has 0 amide bonds. The van der Waals surface area contributed by atoms with Crippen molar-refractivity contribution in [2.75, 3.05) is 6.61 Å². The van der Waals surface area contributed by atoms with Crippen LogP contribution in [0.2, 0.25) is 0 Å². The van der Waals surface area contributed by atoms with Crippen LogP contribution in [0.25, 0.3) is 0 Å². The van der Waals surface area contributed by atoms with Gasteiger partial charge in [0.25, 0.3) is 0 Å². The highest BCUT2D eigenvalue weighted by Crippen LogP contribution is 2.22. The molecule has 0 aliphatic carbocycles. The predicted molar refractivity (Wildman–Crippen MR) is 60.8 cm³/mol. The molecule has 2 N–H and O–H groups in total. The van der Waals surface area contributed by atoms with Gasteiger partial charge in [0.05, 0.1) is 25.1 Å². The first-order chi connectivity index (χ1) is 7.54. The Hall–Kier alpha value is -1.60. The number of ether oxygens (including phenoxy) is 1. The Morgan fingerprint density at radius 3 is 2.76 bits per heavy atom. The van der Waals surface area contributed by atoms with Gasteiger partial charge >= 0.3 is 11.9 Å². The summed E-state index contributed by atoms with van der Waals surface area (Å²) in [7, 11) is 0. The summed E-state index contributed by atoms with van der Waals surface area (Å²) >= 11 is 0. The second-order valence-electron chi connectivity index (χ2n) is 3.05. The van der Waals surface area contributed by atoms with Crippen molar-refractivity contribution in [2.45, 2.75) is 19.4 Å². The molecule has 1 atom stereocenters. The van der Waals surface area contributed by atoms with Gasteiger partial charge in [-0.1, -0.05) is 0 Å². The number of nitrogens with zero attached hydrogens (tertiary/aromatic N) is 1. The van der Waals surface area contributed by atoms with Crippen molar-refractivity contribution in [2.24, 2.45) is 5.73 Å². The first-order valence-electron chi connectivity index (χ1n) is 4.70. The number of carbonyl (C=O) groups excluding carboxylic acids is 1. The highest BCUT2D eigenvalue weighted by Gasteiger charge is 2.19. The average molecular weight is 265 g/mol. The largest absolute Gasteiger partial charge is 0.466 e. The van der Waals surface area contributed by atoms with E-state index in [0.29, 0.717) is 0 Å². The SMILES string of the molecule is CCOC(=O)C[C@H](N)c1ccc([N+](=O)[O-])o1.Cl. The van der Waals surface area contributed by atoms with Crippen molar-refractivity contribution in [1.82, 2.24) is 0 Å². The Kier molecular flexibility index (Phi) is 6.22. The van der Waals surface area contributed by atoms with Crippen LogP contribution in [-0.2, 0) is 9.53 Å². The van der Waals surface area contributed by atoms with Gasteiger partial charge in [-0.3, -0.25) is 14.9 Å². The number of hydrogen-bond acceptors (Lipinski definition) is 6. The Labute approximate surface area is 103 Å². The lowest BCUT2D eigenvalue weighted by atomic mass is 10.2. The molecule has 1 aromatic heterocycles. The highest BCUT2D eigenvalue weighted by molar-refractivity contribution is 5.85. The van der Waals surface area contributed by atoms with Crippen LogP contribution >= 0.6 is 12.4 Å². The lowest BCUT2D eigenvalue weighted by molar-refractivity contribution is -0.402. The van der Waals surface area contributed by atoms with E-state index in [0.717, 1.165) is 0 Å². The summed E-state index contributed by atoms with van der Waals surface area (Å²) in [5.74, 6) is -0.664. The maximum Gasteiger partial charge on any atom is 0.433 e. The summed E-state index contributed by atoms with van der Waals surface area (Å²) < 4.78 is 9.55. The van der Waals surface area contributed by atoms with Crippen molar-refractivity contribution in [3.8, 4) is 0 Å².